The SMILES string of the molecule is OCCC(O)c1ccccc1.[Ce]. The molecule has 0 bridgehead atoms. The Morgan fingerprint density at radius 2 is 1.75 bits per heavy atom. The van der Waals surface area contributed by atoms with Gasteiger partial charge in [0.25, 0.3) is 0 Å². The van der Waals surface area contributed by atoms with Crippen molar-refractivity contribution in [2.45, 2.75) is 12.5 Å². The molecule has 0 spiro atoms. The average molecular weight is 292 g/mol. The van der Waals surface area contributed by atoms with Crippen LogP contribution in [0, 0.1) is 41.7 Å². The Balaban J connectivity index is 0.00000121. The molecule has 1 aromatic carbocycles. The van der Waals surface area contributed by atoms with Crippen LogP contribution in [0.5, 0.6) is 0 Å². The van der Waals surface area contributed by atoms with Crippen LogP contribution in [0.15, 0.2) is 30.3 Å². The van der Waals surface area contributed by atoms with Crippen LogP contribution in [0.25, 0.3) is 0 Å². The van der Waals surface area contributed by atoms with Crippen molar-refractivity contribution < 1.29 is 52.0 Å². The van der Waals surface area contributed by atoms with E-state index >= 15 is 0 Å². The fourth-order valence-electron chi connectivity index (χ4n) is 0.964. The van der Waals surface area contributed by atoms with E-state index in [0.29, 0.717) is 6.42 Å². The maximum Gasteiger partial charge on any atom is 0.0811 e. The van der Waals surface area contributed by atoms with Gasteiger partial charge in [-0.05, 0) is 5.56 Å². The number of hydrogen-bond donors (Lipinski definition) is 2. The number of aliphatic hydroxyl groups excluding tert-OH is 2. The minimum Gasteiger partial charge on any atom is -0.396 e. The number of hydrogen-bond acceptors (Lipinski definition) is 2. The van der Waals surface area contributed by atoms with Crippen molar-refractivity contribution in [3.05, 3.63) is 35.9 Å². The third-order valence-corrected chi connectivity index (χ3v) is 1.59. The molecule has 1 aromatic rings. The third-order valence-electron chi connectivity index (χ3n) is 1.59. The van der Waals surface area contributed by atoms with Gasteiger partial charge in [-0.1, -0.05) is 30.3 Å². The summed E-state index contributed by atoms with van der Waals surface area (Å²) in [5.41, 5.74) is 0.863. The van der Waals surface area contributed by atoms with Gasteiger partial charge in [0.2, 0.25) is 0 Å². The molecule has 1 unspecified atom stereocenters. The number of rotatable bonds is 3. The molecule has 0 aliphatic rings. The first-order valence-electron chi connectivity index (χ1n) is 3.68. The Morgan fingerprint density at radius 1 is 1.17 bits per heavy atom. The van der Waals surface area contributed by atoms with Gasteiger partial charge in [-0.25, -0.2) is 0 Å². The van der Waals surface area contributed by atoms with Crippen molar-refractivity contribution in [1.29, 1.82) is 0 Å². The standard InChI is InChI=1S/C9H12O2.Ce/c10-7-6-9(11)8-4-2-1-3-5-8;/h1-5,9-11H,6-7H2;. The van der Waals surface area contributed by atoms with Crippen LogP contribution < -0.4 is 0 Å². The minimum absolute atomic E-state index is 0. The number of aliphatic hydroxyl groups is 2. The Kier molecular flexibility index (Phi) is 7.27. The van der Waals surface area contributed by atoms with Crippen LogP contribution in [0.1, 0.15) is 18.1 Å². The molecular weight excluding hydrogens is 280 g/mol. The van der Waals surface area contributed by atoms with Gasteiger partial charge in [-0.2, -0.15) is 0 Å². The second-order valence-corrected chi connectivity index (χ2v) is 2.44. The summed E-state index contributed by atoms with van der Waals surface area (Å²) in [4.78, 5) is 0. The predicted octanol–water partition coefficient (Wildman–Crippen LogP) is 1.10. The van der Waals surface area contributed by atoms with E-state index in [9.17, 15) is 5.11 Å². The average Bonchev–Trinajstić information content (AvgIpc) is 2.07. The Hall–Kier alpha value is 0.517. The summed E-state index contributed by atoms with van der Waals surface area (Å²) in [6.07, 6.45) is -0.120. The van der Waals surface area contributed by atoms with Gasteiger partial charge in [0, 0.05) is 54.8 Å². The first-order valence-corrected chi connectivity index (χ1v) is 3.68. The minimum atomic E-state index is -0.527. The Labute approximate surface area is 106 Å². The largest absolute Gasteiger partial charge is 0.396 e. The van der Waals surface area contributed by atoms with E-state index in [-0.39, 0.29) is 48.4 Å². The molecule has 0 saturated heterocycles. The van der Waals surface area contributed by atoms with E-state index < -0.39 is 6.10 Å². The van der Waals surface area contributed by atoms with E-state index in [1.54, 1.807) is 0 Å². The van der Waals surface area contributed by atoms with Crippen molar-refractivity contribution in [3.8, 4) is 0 Å². The Morgan fingerprint density at radius 3 is 2.25 bits per heavy atom. The molecule has 3 heteroatoms. The molecule has 0 saturated carbocycles. The smallest absolute Gasteiger partial charge is 0.0811 e. The quantitative estimate of drug-likeness (QED) is 0.876. The maximum atomic E-state index is 9.36. The van der Waals surface area contributed by atoms with E-state index in [1.807, 2.05) is 30.3 Å². The van der Waals surface area contributed by atoms with Crippen molar-refractivity contribution >= 4 is 0 Å². The summed E-state index contributed by atoms with van der Waals surface area (Å²) < 4.78 is 0. The van der Waals surface area contributed by atoms with Gasteiger partial charge in [0.05, 0.1) is 6.10 Å². The monoisotopic (exact) mass is 292 g/mol. The molecule has 0 amide bonds. The van der Waals surface area contributed by atoms with Gasteiger partial charge in [0.15, 0.2) is 0 Å². The molecule has 0 aromatic heterocycles. The third kappa shape index (κ3) is 3.96. The Bertz CT molecular complexity index is 201. The summed E-state index contributed by atoms with van der Waals surface area (Å²) in [5.74, 6) is 0. The van der Waals surface area contributed by atoms with Gasteiger partial charge in [0.1, 0.15) is 0 Å². The molecule has 0 aliphatic carbocycles. The topological polar surface area (TPSA) is 40.5 Å². The van der Waals surface area contributed by atoms with Gasteiger partial charge in [-0.3, -0.25) is 0 Å². The molecule has 12 heavy (non-hydrogen) atoms. The summed E-state index contributed by atoms with van der Waals surface area (Å²) in [6.45, 7) is 0.0239. The first kappa shape index (κ1) is 12.5. The summed E-state index contributed by atoms with van der Waals surface area (Å²) in [7, 11) is 0. The zero-order valence-corrected chi connectivity index (χ0v) is 9.91. The normalized spacial score (nSPS) is 11.8. The molecule has 1 atom stereocenters. The zero-order valence-electron chi connectivity index (χ0n) is 6.77. The fourth-order valence-corrected chi connectivity index (χ4v) is 0.964. The summed E-state index contributed by atoms with van der Waals surface area (Å²) in [5, 5.41) is 17.9. The van der Waals surface area contributed by atoms with Crippen molar-refractivity contribution in [3.63, 3.8) is 0 Å². The fraction of sp³-hybridized carbons (Fsp3) is 0.333. The van der Waals surface area contributed by atoms with Crippen LogP contribution in [-0.4, -0.2) is 16.8 Å². The predicted molar refractivity (Wildman–Crippen MR) is 43.1 cm³/mol. The van der Waals surface area contributed by atoms with E-state index in [4.69, 9.17) is 5.11 Å². The summed E-state index contributed by atoms with van der Waals surface area (Å²) in [6, 6.07) is 9.33. The number of benzene rings is 1. The first-order chi connectivity index (χ1) is 5.34. The molecule has 0 radical (unpaired) electrons. The van der Waals surface area contributed by atoms with Crippen LogP contribution in [-0.2, 0) is 0 Å². The summed E-state index contributed by atoms with van der Waals surface area (Å²) >= 11 is 0. The second kappa shape index (κ2) is 6.97. The molecule has 64 valence electrons. The molecule has 2 N–H and O–H groups in total. The van der Waals surface area contributed by atoms with E-state index in [0.717, 1.165) is 5.56 Å². The van der Waals surface area contributed by atoms with Gasteiger partial charge < -0.3 is 10.2 Å². The van der Waals surface area contributed by atoms with Crippen LogP contribution in [0.4, 0.5) is 0 Å². The molecular formula is C9H12CeO2. The van der Waals surface area contributed by atoms with Crippen LogP contribution >= 0.6 is 0 Å². The van der Waals surface area contributed by atoms with Crippen LogP contribution in [0.2, 0.25) is 0 Å². The van der Waals surface area contributed by atoms with Crippen molar-refractivity contribution in [2.24, 2.45) is 0 Å². The van der Waals surface area contributed by atoms with Crippen LogP contribution in [0.3, 0.4) is 0 Å². The molecule has 2 nitrogen and oxygen atoms in total. The zero-order chi connectivity index (χ0) is 8.10. The molecule has 0 aliphatic heterocycles. The second-order valence-electron chi connectivity index (χ2n) is 2.44. The molecule has 0 fully saturated rings. The van der Waals surface area contributed by atoms with Crippen molar-refractivity contribution in [2.75, 3.05) is 6.61 Å². The maximum absolute atomic E-state index is 9.36. The molecule has 1 rings (SSSR count). The van der Waals surface area contributed by atoms with Crippen molar-refractivity contribution in [1.82, 2.24) is 0 Å². The van der Waals surface area contributed by atoms with Gasteiger partial charge in [-0.15, -0.1) is 0 Å². The molecule has 0 heterocycles. The van der Waals surface area contributed by atoms with E-state index in [1.165, 1.54) is 0 Å². The van der Waals surface area contributed by atoms with Gasteiger partial charge >= 0.3 is 0 Å². The van der Waals surface area contributed by atoms with E-state index in [2.05, 4.69) is 0 Å².